The Balaban J connectivity index is 1.74. The van der Waals surface area contributed by atoms with Gasteiger partial charge in [-0.2, -0.15) is 5.10 Å². The molecule has 0 spiro atoms. The second-order valence-corrected chi connectivity index (χ2v) is 5.84. The van der Waals surface area contributed by atoms with E-state index in [1.807, 2.05) is 31.2 Å². The number of hydrogen-bond donors (Lipinski definition) is 1. The Labute approximate surface area is 157 Å². The van der Waals surface area contributed by atoms with Gasteiger partial charge in [0.2, 0.25) is 0 Å². The van der Waals surface area contributed by atoms with Gasteiger partial charge in [-0.1, -0.05) is 18.1 Å². The molecule has 0 saturated carbocycles. The highest BCUT2D eigenvalue weighted by Gasteiger charge is 2.10. The maximum atomic E-state index is 12.4. The number of benzene rings is 2. The lowest BCUT2D eigenvalue weighted by Crippen LogP contribution is -2.17. The summed E-state index contributed by atoms with van der Waals surface area (Å²) < 4.78 is 7.55. The Morgan fingerprint density at radius 3 is 2.96 bits per heavy atom. The van der Waals surface area contributed by atoms with E-state index in [0.29, 0.717) is 11.3 Å². The second kappa shape index (κ2) is 8.19. The van der Waals surface area contributed by atoms with Gasteiger partial charge >= 0.3 is 0 Å². The molecule has 3 rings (SSSR count). The minimum atomic E-state index is -0.307. The van der Waals surface area contributed by atoms with Gasteiger partial charge in [-0.3, -0.25) is 4.79 Å². The zero-order valence-electron chi connectivity index (χ0n) is 15.3. The summed E-state index contributed by atoms with van der Waals surface area (Å²) in [5, 5.41) is 4.02. The maximum Gasteiger partial charge on any atom is 0.271 e. The average Bonchev–Trinajstić information content (AvgIpc) is 3.01. The van der Waals surface area contributed by atoms with Crippen LogP contribution in [0.15, 0.2) is 47.6 Å². The van der Waals surface area contributed by atoms with E-state index in [9.17, 15) is 4.79 Å². The first kappa shape index (κ1) is 18.2. The zero-order valence-corrected chi connectivity index (χ0v) is 15.3. The molecule has 0 radical (unpaired) electrons. The van der Waals surface area contributed by atoms with Gasteiger partial charge in [-0.05, 0) is 44.2 Å². The number of amides is 1. The summed E-state index contributed by atoms with van der Waals surface area (Å²) in [5.41, 5.74) is 5.55. The first-order valence-electron chi connectivity index (χ1n) is 8.59. The Morgan fingerprint density at radius 1 is 1.37 bits per heavy atom. The molecule has 0 aliphatic rings. The van der Waals surface area contributed by atoms with Crippen LogP contribution in [-0.4, -0.2) is 28.3 Å². The Hall–Kier alpha value is -3.59. The van der Waals surface area contributed by atoms with E-state index in [-0.39, 0.29) is 12.5 Å². The van der Waals surface area contributed by atoms with E-state index >= 15 is 0 Å². The highest BCUT2D eigenvalue weighted by atomic mass is 16.5. The lowest BCUT2D eigenvalue weighted by atomic mass is 10.2. The van der Waals surface area contributed by atoms with Crippen LogP contribution >= 0.6 is 0 Å². The number of nitrogens with zero attached hydrogens (tertiary/aromatic N) is 3. The molecule has 1 amide bonds. The third kappa shape index (κ3) is 3.98. The van der Waals surface area contributed by atoms with Crippen LogP contribution in [0.2, 0.25) is 0 Å². The van der Waals surface area contributed by atoms with Gasteiger partial charge in [-0.15, -0.1) is 6.42 Å². The first-order valence-corrected chi connectivity index (χ1v) is 8.59. The van der Waals surface area contributed by atoms with E-state index < -0.39 is 0 Å². The number of aromatic nitrogens is 2. The van der Waals surface area contributed by atoms with Crippen LogP contribution < -0.4 is 10.2 Å². The van der Waals surface area contributed by atoms with Crippen molar-refractivity contribution in [2.45, 2.75) is 20.4 Å². The quantitative estimate of drug-likeness (QED) is 0.417. The molecule has 3 aromatic rings. The number of hydrazone groups is 1. The van der Waals surface area contributed by atoms with E-state index in [2.05, 4.69) is 32.9 Å². The zero-order chi connectivity index (χ0) is 19.2. The van der Waals surface area contributed by atoms with Crippen molar-refractivity contribution in [3.05, 3.63) is 59.4 Å². The number of nitrogens with one attached hydrogen (secondary N) is 1. The third-order valence-electron chi connectivity index (χ3n) is 4.12. The van der Waals surface area contributed by atoms with Crippen molar-refractivity contribution < 1.29 is 9.53 Å². The molecule has 136 valence electrons. The number of ether oxygens (including phenoxy) is 1. The molecule has 1 heterocycles. The van der Waals surface area contributed by atoms with Crippen LogP contribution in [0, 0.1) is 19.3 Å². The van der Waals surface area contributed by atoms with Crippen molar-refractivity contribution in [1.29, 1.82) is 0 Å². The van der Waals surface area contributed by atoms with Crippen molar-refractivity contribution in [2.75, 3.05) is 6.61 Å². The fourth-order valence-corrected chi connectivity index (χ4v) is 2.85. The van der Waals surface area contributed by atoms with Crippen molar-refractivity contribution in [1.82, 2.24) is 15.0 Å². The molecular formula is C21H20N4O2. The average molecular weight is 360 g/mol. The summed E-state index contributed by atoms with van der Waals surface area (Å²) in [6.07, 6.45) is 6.74. The minimum Gasteiger partial charge on any atom is -0.480 e. The molecule has 6 nitrogen and oxygen atoms in total. The smallest absolute Gasteiger partial charge is 0.271 e. The molecule has 0 aliphatic carbocycles. The van der Waals surface area contributed by atoms with E-state index in [4.69, 9.17) is 11.2 Å². The topological polar surface area (TPSA) is 68.5 Å². The van der Waals surface area contributed by atoms with Crippen molar-refractivity contribution in [3.63, 3.8) is 0 Å². The number of para-hydroxylation sites is 1. The predicted molar refractivity (Wildman–Crippen MR) is 106 cm³/mol. The SMILES string of the molecule is C#CCOc1ccccc1/C=N\NC(=O)c1ccc2c(c1)nc(C)n2CC. The van der Waals surface area contributed by atoms with Gasteiger partial charge in [0.1, 0.15) is 18.2 Å². The highest BCUT2D eigenvalue weighted by molar-refractivity contribution is 5.98. The van der Waals surface area contributed by atoms with Crippen molar-refractivity contribution in [3.8, 4) is 18.1 Å². The maximum absolute atomic E-state index is 12.4. The van der Waals surface area contributed by atoms with Crippen LogP contribution in [0.3, 0.4) is 0 Å². The number of aryl methyl sites for hydroxylation is 2. The molecule has 0 unspecified atom stereocenters. The first-order chi connectivity index (χ1) is 13.1. The summed E-state index contributed by atoms with van der Waals surface area (Å²) in [6.45, 7) is 5.02. The molecule has 0 aliphatic heterocycles. The van der Waals surface area contributed by atoms with Gasteiger partial charge in [0.05, 0.1) is 17.2 Å². The Kier molecular flexibility index (Phi) is 5.53. The monoisotopic (exact) mass is 360 g/mol. The summed E-state index contributed by atoms with van der Waals surface area (Å²) in [4.78, 5) is 16.9. The van der Waals surface area contributed by atoms with Crippen molar-refractivity contribution >= 4 is 23.2 Å². The van der Waals surface area contributed by atoms with E-state index in [1.165, 1.54) is 6.21 Å². The van der Waals surface area contributed by atoms with E-state index in [0.717, 1.165) is 29.0 Å². The largest absolute Gasteiger partial charge is 0.480 e. The van der Waals surface area contributed by atoms with Crippen LogP contribution in [-0.2, 0) is 6.54 Å². The third-order valence-corrected chi connectivity index (χ3v) is 4.12. The molecule has 1 aromatic heterocycles. The lowest BCUT2D eigenvalue weighted by Gasteiger charge is -2.05. The summed E-state index contributed by atoms with van der Waals surface area (Å²) >= 11 is 0. The van der Waals surface area contributed by atoms with Crippen LogP contribution in [0.5, 0.6) is 5.75 Å². The Morgan fingerprint density at radius 2 is 2.19 bits per heavy atom. The van der Waals surface area contributed by atoms with Gasteiger partial charge in [0.15, 0.2) is 0 Å². The molecule has 0 fully saturated rings. The summed E-state index contributed by atoms with van der Waals surface area (Å²) in [7, 11) is 0. The number of rotatable bonds is 6. The normalized spacial score (nSPS) is 10.9. The molecule has 0 atom stereocenters. The number of fused-ring (bicyclic) bond motifs is 1. The molecular weight excluding hydrogens is 340 g/mol. The fraction of sp³-hybridized carbons (Fsp3) is 0.190. The molecule has 2 aromatic carbocycles. The van der Waals surface area contributed by atoms with Gasteiger partial charge in [0.25, 0.3) is 5.91 Å². The number of imidazole rings is 1. The standard InChI is InChI=1S/C21H20N4O2/c1-4-12-27-20-9-7-6-8-17(20)14-22-24-21(26)16-10-11-19-18(13-16)23-15(3)25(19)5-2/h1,6-11,13-14H,5,12H2,2-3H3,(H,24,26)/b22-14-. The predicted octanol–water partition coefficient (Wildman–Crippen LogP) is 3.14. The molecule has 0 saturated heterocycles. The van der Waals surface area contributed by atoms with Gasteiger partial charge in [-0.25, -0.2) is 10.4 Å². The molecule has 1 N–H and O–H groups in total. The summed E-state index contributed by atoms with van der Waals surface area (Å²) in [6, 6.07) is 12.8. The molecule has 0 bridgehead atoms. The molecule has 6 heteroatoms. The number of carbonyl (C=O) groups excluding carboxylic acids is 1. The highest BCUT2D eigenvalue weighted by Crippen LogP contribution is 2.18. The minimum absolute atomic E-state index is 0.168. The van der Waals surface area contributed by atoms with Crippen LogP contribution in [0.1, 0.15) is 28.7 Å². The summed E-state index contributed by atoms with van der Waals surface area (Å²) in [5.74, 6) is 3.64. The van der Waals surface area contributed by atoms with Crippen molar-refractivity contribution in [2.24, 2.45) is 5.10 Å². The van der Waals surface area contributed by atoms with Gasteiger partial charge in [0, 0.05) is 17.7 Å². The number of hydrogen-bond acceptors (Lipinski definition) is 4. The van der Waals surface area contributed by atoms with Crippen LogP contribution in [0.25, 0.3) is 11.0 Å². The van der Waals surface area contributed by atoms with Gasteiger partial charge < -0.3 is 9.30 Å². The lowest BCUT2D eigenvalue weighted by molar-refractivity contribution is 0.0955. The molecule has 27 heavy (non-hydrogen) atoms. The number of carbonyl (C=O) groups is 1. The Bertz CT molecular complexity index is 1040. The second-order valence-electron chi connectivity index (χ2n) is 5.84. The van der Waals surface area contributed by atoms with Crippen LogP contribution in [0.4, 0.5) is 0 Å². The fourth-order valence-electron chi connectivity index (χ4n) is 2.85. The number of terminal acetylenes is 1. The van der Waals surface area contributed by atoms with E-state index in [1.54, 1.807) is 18.2 Å².